The van der Waals surface area contributed by atoms with Gasteiger partial charge in [-0.15, -0.1) is 0 Å². The van der Waals surface area contributed by atoms with Crippen molar-refractivity contribution in [2.45, 2.75) is 108 Å². The molecule has 0 spiro atoms. The molecule has 0 amide bonds. The van der Waals surface area contributed by atoms with Crippen LogP contribution in [0.25, 0.3) is 0 Å². The van der Waals surface area contributed by atoms with Crippen LogP contribution >= 0.6 is 0 Å². The van der Waals surface area contributed by atoms with Gasteiger partial charge >= 0.3 is 18.3 Å². The summed E-state index contributed by atoms with van der Waals surface area (Å²) in [6, 6.07) is 0. The number of ether oxygens (including phenoxy) is 5. The predicted molar refractivity (Wildman–Crippen MR) is 103 cm³/mol. The molecule has 2 fully saturated rings. The molecule has 0 bridgehead atoms. The number of hydrogen-bond donors (Lipinski definition) is 0. The van der Waals surface area contributed by atoms with Crippen molar-refractivity contribution >= 4 is 18.3 Å². The van der Waals surface area contributed by atoms with Gasteiger partial charge in [-0.3, -0.25) is 4.79 Å². The average molecular weight is 414 g/mol. The quantitative estimate of drug-likeness (QED) is 0.230. The number of rotatable bonds is 14. The second-order valence-corrected chi connectivity index (χ2v) is 7.74. The highest BCUT2D eigenvalue weighted by molar-refractivity contribution is 5.69. The van der Waals surface area contributed by atoms with E-state index in [9.17, 15) is 14.4 Å². The fourth-order valence-electron chi connectivity index (χ4n) is 3.81. The molecule has 0 saturated carbocycles. The maximum Gasteiger partial charge on any atom is 0.509 e. The lowest BCUT2D eigenvalue weighted by atomic mass is 9.96. The molecule has 0 radical (unpaired) electrons. The van der Waals surface area contributed by atoms with Crippen LogP contribution in [0.5, 0.6) is 0 Å². The minimum Gasteiger partial charge on any atom is -0.469 e. The normalized spacial score (nSPS) is 25.9. The zero-order valence-corrected chi connectivity index (χ0v) is 17.6. The van der Waals surface area contributed by atoms with Crippen molar-refractivity contribution < 1.29 is 38.1 Å². The van der Waals surface area contributed by atoms with E-state index in [0.29, 0.717) is 19.3 Å². The Morgan fingerprint density at radius 1 is 0.759 bits per heavy atom. The van der Waals surface area contributed by atoms with E-state index in [4.69, 9.17) is 18.9 Å². The molecule has 2 rings (SSSR count). The van der Waals surface area contributed by atoms with Gasteiger partial charge in [0.1, 0.15) is 24.4 Å². The molecule has 8 nitrogen and oxygen atoms in total. The zero-order chi connectivity index (χ0) is 21.1. The lowest BCUT2D eigenvalue weighted by Crippen LogP contribution is -2.32. The second-order valence-electron chi connectivity index (χ2n) is 7.74. The maximum absolute atomic E-state index is 11.6. The molecule has 0 aromatic carbocycles. The molecule has 0 N–H and O–H groups in total. The van der Waals surface area contributed by atoms with Crippen molar-refractivity contribution in [3.05, 3.63) is 0 Å². The zero-order valence-electron chi connectivity index (χ0n) is 17.6. The van der Waals surface area contributed by atoms with Crippen molar-refractivity contribution in [2.75, 3.05) is 7.11 Å². The Kier molecular flexibility index (Phi) is 10.1. The Morgan fingerprint density at radius 3 is 1.79 bits per heavy atom. The lowest BCUT2D eigenvalue weighted by molar-refractivity contribution is -0.140. The molecule has 0 aromatic rings. The van der Waals surface area contributed by atoms with Crippen LogP contribution in [0.4, 0.5) is 9.59 Å². The molecule has 2 heterocycles. The van der Waals surface area contributed by atoms with Gasteiger partial charge in [-0.05, 0) is 32.1 Å². The van der Waals surface area contributed by atoms with Gasteiger partial charge in [-0.25, -0.2) is 9.59 Å². The number of cyclic esters (lactones) is 4. The molecular formula is C21H34O8. The van der Waals surface area contributed by atoms with Crippen LogP contribution in [0.1, 0.15) is 84.0 Å². The van der Waals surface area contributed by atoms with Crippen LogP contribution in [-0.2, 0) is 28.5 Å². The highest BCUT2D eigenvalue weighted by atomic mass is 16.8. The molecule has 2 aliphatic rings. The number of carbonyl (C=O) groups excluding carboxylic acids is 3. The fourth-order valence-corrected chi connectivity index (χ4v) is 3.81. The predicted octanol–water partition coefficient (Wildman–Crippen LogP) is 4.67. The molecule has 8 heteroatoms. The van der Waals surface area contributed by atoms with E-state index in [1.807, 2.05) is 0 Å². The van der Waals surface area contributed by atoms with Crippen molar-refractivity contribution in [3.8, 4) is 0 Å². The van der Waals surface area contributed by atoms with Crippen LogP contribution in [0, 0.1) is 0 Å². The van der Waals surface area contributed by atoms with E-state index in [-0.39, 0.29) is 18.2 Å². The molecule has 166 valence electrons. The van der Waals surface area contributed by atoms with Gasteiger partial charge in [0.15, 0.2) is 0 Å². The van der Waals surface area contributed by atoms with E-state index in [0.717, 1.165) is 57.8 Å². The molecule has 29 heavy (non-hydrogen) atoms. The van der Waals surface area contributed by atoms with Crippen LogP contribution in [0.15, 0.2) is 0 Å². The lowest BCUT2D eigenvalue weighted by Gasteiger charge is -2.20. The molecule has 2 saturated heterocycles. The van der Waals surface area contributed by atoms with Crippen molar-refractivity contribution in [3.63, 3.8) is 0 Å². The van der Waals surface area contributed by atoms with Crippen molar-refractivity contribution in [2.24, 2.45) is 0 Å². The highest BCUT2D eigenvalue weighted by Crippen LogP contribution is 2.30. The minimum absolute atomic E-state index is 0.174. The summed E-state index contributed by atoms with van der Waals surface area (Å²) in [5.41, 5.74) is 0. The number of methoxy groups -OCH3 is 1. The third-order valence-electron chi connectivity index (χ3n) is 5.47. The van der Waals surface area contributed by atoms with E-state index in [1.54, 1.807) is 0 Å². The van der Waals surface area contributed by atoms with Gasteiger partial charge < -0.3 is 23.7 Å². The maximum atomic E-state index is 11.6. The molecule has 4 unspecified atom stereocenters. The van der Waals surface area contributed by atoms with Gasteiger partial charge in [-0.2, -0.15) is 0 Å². The van der Waals surface area contributed by atoms with Crippen molar-refractivity contribution in [1.29, 1.82) is 0 Å². The molecule has 4 atom stereocenters. The summed E-state index contributed by atoms with van der Waals surface area (Å²) < 4.78 is 25.8. The third-order valence-corrected chi connectivity index (χ3v) is 5.47. The minimum atomic E-state index is -0.661. The summed E-state index contributed by atoms with van der Waals surface area (Å²) >= 11 is 0. The summed E-state index contributed by atoms with van der Waals surface area (Å²) in [5.74, 6) is -0.174. The van der Waals surface area contributed by atoms with E-state index >= 15 is 0 Å². The Morgan fingerprint density at radius 2 is 1.24 bits per heavy atom. The first-order valence-electron chi connectivity index (χ1n) is 10.8. The van der Waals surface area contributed by atoms with Gasteiger partial charge in [0.2, 0.25) is 0 Å². The fraction of sp³-hybridized carbons (Fsp3) is 0.857. The van der Waals surface area contributed by atoms with E-state index < -0.39 is 24.5 Å². The summed E-state index contributed by atoms with van der Waals surface area (Å²) in [4.78, 5) is 34.3. The van der Waals surface area contributed by atoms with Crippen LogP contribution in [0.2, 0.25) is 0 Å². The molecule has 0 aromatic heterocycles. The van der Waals surface area contributed by atoms with Gasteiger partial charge in [0.05, 0.1) is 7.11 Å². The van der Waals surface area contributed by atoms with Crippen LogP contribution in [0.3, 0.4) is 0 Å². The number of hydrogen-bond acceptors (Lipinski definition) is 8. The van der Waals surface area contributed by atoms with E-state index in [1.165, 1.54) is 7.11 Å². The highest BCUT2D eigenvalue weighted by Gasteiger charge is 2.44. The van der Waals surface area contributed by atoms with Crippen molar-refractivity contribution in [1.82, 2.24) is 0 Å². The smallest absolute Gasteiger partial charge is 0.469 e. The largest absolute Gasteiger partial charge is 0.509 e. The van der Waals surface area contributed by atoms with Gasteiger partial charge in [0.25, 0.3) is 0 Å². The van der Waals surface area contributed by atoms with Crippen LogP contribution < -0.4 is 0 Å². The first-order valence-corrected chi connectivity index (χ1v) is 10.8. The van der Waals surface area contributed by atoms with E-state index in [2.05, 4.69) is 11.7 Å². The Balaban J connectivity index is 1.70. The SMILES string of the molecule is CCCCCC1OC(=O)OC1CC1OC(=O)OC1CCCCCCCC(=O)OC. The monoisotopic (exact) mass is 414 g/mol. The molecular weight excluding hydrogens is 380 g/mol. The summed E-state index contributed by atoms with van der Waals surface area (Å²) in [6.07, 6.45) is 7.38. The van der Waals surface area contributed by atoms with Gasteiger partial charge in [0, 0.05) is 12.8 Å². The summed E-state index contributed by atoms with van der Waals surface area (Å²) in [6.45, 7) is 2.12. The first-order chi connectivity index (χ1) is 14.0. The third kappa shape index (κ3) is 8.11. The summed E-state index contributed by atoms with van der Waals surface area (Å²) in [7, 11) is 1.40. The molecule has 0 aliphatic carbocycles. The van der Waals surface area contributed by atoms with Crippen LogP contribution in [-0.4, -0.2) is 49.8 Å². The Bertz CT molecular complexity index is 535. The number of esters is 1. The standard InChI is InChI=1S/C21H34O8/c1-3-4-8-11-15-17(28-20(23)26-15)14-18-16(27-21(24)29-18)12-9-6-5-7-10-13-19(22)25-2/h15-18H,3-14H2,1-2H3. The first kappa shape index (κ1) is 23.3. The topological polar surface area (TPSA) is 97.4 Å². The Labute approximate surface area is 172 Å². The summed E-state index contributed by atoms with van der Waals surface area (Å²) in [5, 5.41) is 0. The van der Waals surface area contributed by atoms with Gasteiger partial charge in [-0.1, -0.05) is 39.0 Å². The second kappa shape index (κ2) is 12.5. The number of carbonyl (C=O) groups is 3. The number of unbranched alkanes of at least 4 members (excludes halogenated alkanes) is 6. The Hall–Kier alpha value is -1.99. The average Bonchev–Trinajstić information content (AvgIpc) is 3.22. The molecule has 2 aliphatic heterocycles.